The number of esters is 1. The number of ether oxygens (including phenoxy) is 2. The van der Waals surface area contributed by atoms with Crippen LogP contribution in [0.15, 0.2) is 30.3 Å². The second kappa shape index (κ2) is 9.34. The van der Waals surface area contributed by atoms with Crippen LogP contribution in [-0.4, -0.2) is 50.7 Å². The molecule has 9 heteroatoms. The maximum atomic E-state index is 12.8. The Morgan fingerprint density at radius 1 is 1.13 bits per heavy atom. The van der Waals surface area contributed by atoms with Crippen molar-refractivity contribution in [2.24, 2.45) is 0 Å². The zero-order chi connectivity index (χ0) is 21.7. The Morgan fingerprint density at radius 2 is 1.93 bits per heavy atom. The maximum absolute atomic E-state index is 12.8. The third kappa shape index (κ3) is 4.73. The van der Waals surface area contributed by atoms with Crippen molar-refractivity contribution in [2.45, 2.75) is 39.8 Å². The fourth-order valence-corrected chi connectivity index (χ4v) is 3.31. The van der Waals surface area contributed by atoms with Gasteiger partial charge in [0, 0.05) is 35.5 Å². The molecule has 9 nitrogen and oxygen atoms in total. The molecule has 0 N–H and O–H groups in total. The van der Waals surface area contributed by atoms with Crippen molar-refractivity contribution >= 4 is 11.8 Å². The van der Waals surface area contributed by atoms with Gasteiger partial charge >= 0.3 is 5.97 Å². The first-order valence-corrected chi connectivity index (χ1v) is 9.62. The van der Waals surface area contributed by atoms with Crippen molar-refractivity contribution in [3.8, 4) is 17.1 Å². The van der Waals surface area contributed by atoms with E-state index in [0.717, 1.165) is 17.0 Å². The Bertz CT molecular complexity index is 1050. The fourth-order valence-electron chi connectivity index (χ4n) is 3.31. The van der Waals surface area contributed by atoms with Crippen molar-refractivity contribution in [3.05, 3.63) is 47.3 Å². The van der Waals surface area contributed by atoms with Crippen LogP contribution in [0.4, 0.5) is 0 Å². The lowest BCUT2D eigenvalue weighted by Gasteiger charge is -2.09. The molecule has 0 unspecified atom stereocenters. The third-order valence-corrected chi connectivity index (χ3v) is 4.93. The number of rotatable bonds is 9. The van der Waals surface area contributed by atoms with Gasteiger partial charge in [-0.15, -0.1) is 10.2 Å². The summed E-state index contributed by atoms with van der Waals surface area (Å²) >= 11 is 0. The first-order valence-electron chi connectivity index (χ1n) is 9.62. The van der Waals surface area contributed by atoms with E-state index >= 15 is 0 Å². The molecule has 3 rings (SSSR count). The van der Waals surface area contributed by atoms with Crippen molar-refractivity contribution < 1.29 is 19.1 Å². The number of tetrazole rings is 1. The van der Waals surface area contributed by atoms with Gasteiger partial charge in [-0.05, 0) is 43.7 Å². The molecule has 0 bridgehead atoms. The SMILES string of the molecule is COC(=O)CCCn1c(C)cc(C(=O)Cn2nnc(-c3cccc(OC)c3)n2)c1C. The molecule has 0 amide bonds. The first kappa shape index (κ1) is 21.2. The molecule has 2 aromatic heterocycles. The minimum atomic E-state index is -0.238. The molecule has 30 heavy (non-hydrogen) atoms. The third-order valence-electron chi connectivity index (χ3n) is 4.93. The van der Waals surface area contributed by atoms with Gasteiger partial charge in [-0.25, -0.2) is 0 Å². The zero-order valence-electron chi connectivity index (χ0n) is 17.6. The van der Waals surface area contributed by atoms with Gasteiger partial charge in [0.25, 0.3) is 0 Å². The molecule has 0 saturated heterocycles. The number of aromatic nitrogens is 5. The number of hydrogen-bond acceptors (Lipinski definition) is 7. The second-order valence-corrected chi connectivity index (χ2v) is 6.91. The average molecular weight is 411 g/mol. The van der Waals surface area contributed by atoms with Gasteiger partial charge in [0.15, 0.2) is 5.78 Å². The van der Waals surface area contributed by atoms with E-state index in [2.05, 4.69) is 20.1 Å². The fraction of sp³-hybridized carbons (Fsp3) is 0.381. The van der Waals surface area contributed by atoms with Crippen LogP contribution in [0, 0.1) is 13.8 Å². The van der Waals surface area contributed by atoms with E-state index in [4.69, 9.17) is 4.74 Å². The van der Waals surface area contributed by atoms with Gasteiger partial charge in [0.2, 0.25) is 5.82 Å². The van der Waals surface area contributed by atoms with Crippen molar-refractivity contribution in [2.75, 3.05) is 14.2 Å². The van der Waals surface area contributed by atoms with E-state index in [1.807, 2.05) is 48.7 Å². The number of carbonyl (C=O) groups is 2. The number of benzene rings is 1. The highest BCUT2D eigenvalue weighted by molar-refractivity contribution is 5.97. The Morgan fingerprint density at radius 3 is 2.67 bits per heavy atom. The summed E-state index contributed by atoms with van der Waals surface area (Å²) in [5, 5.41) is 12.4. The zero-order valence-corrected chi connectivity index (χ0v) is 17.6. The lowest BCUT2D eigenvalue weighted by Crippen LogP contribution is -2.14. The summed E-state index contributed by atoms with van der Waals surface area (Å²) in [6.45, 7) is 4.47. The smallest absolute Gasteiger partial charge is 0.305 e. The average Bonchev–Trinajstić information content (AvgIpc) is 3.33. The van der Waals surface area contributed by atoms with E-state index < -0.39 is 0 Å². The number of nitrogens with zero attached hydrogens (tertiary/aromatic N) is 5. The van der Waals surface area contributed by atoms with E-state index in [-0.39, 0.29) is 18.3 Å². The Hall–Kier alpha value is -3.49. The summed E-state index contributed by atoms with van der Waals surface area (Å²) in [5.74, 6) is 0.782. The van der Waals surface area contributed by atoms with E-state index in [0.29, 0.717) is 36.5 Å². The van der Waals surface area contributed by atoms with Crippen molar-refractivity contribution in [3.63, 3.8) is 0 Å². The topological polar surface area (TPSA) is 101 Å². The van der Waals surface area contributed by atoms with Crippen molar-refractivity contribution in [1.29, 1.82) is 0 Å². The molecule has 3 aromatic rings. The normalized spacial score (nSPS) is 10.8. The van der Waals surface area contributed by atoms with Crippen LogP contribution in [0.3, 0.4) is 0 Å². The number of aryl methyl sites for hydroxylation is 1. The minimum Gasteiger partial charge on any atom is -0.497 e. The summed E-state index contributed by atoms with van der Waals surface area (Å²) in [6.07, 6.45) is 0.984. The Labute approximate surface area is 174 Å². The van der Waals surface area contributed by atoms with Gasteiger partial charge < -0.3 is 14.0 Å². The lowest BCUT2D eigenvalue weighted by molar-refractivity contribution is -0.140. The van der Waals surface area contributed by atoms with Gasteiger partial charge in [0.05, 0.1) is 14.2 Å². The summed E-state index contributed by atoms with van der Waals surface area (Å²) in [6, 6.07) is 9.20. The number of ketones is 1. The molecule has 158 valence electrons. The summed E-state index contributed by atoms with van der Waals surface area (Å²) in [7, 11) is 2.97. The molecule has 0 aliphatic heterocycles. The Balaban J connectivity index is 1.70. The van der Waals surface area contributed by atoms with Gasteiger partial charge in [0.1, 0.15) is 12.3 Å². The first-order chi connectivity index (χ1) is 14.4. The molecule has 0 atom stereocenters. The monoisotopic (exact) mass is 411 g/mol. The number of Topliss-reactive ketones (excluding diaryl/α,β-unsaturated/α-hetero) is 1. The van der Waals surface area contributed by atoms with E-state index in [1.165, 1.54) is 11.9 Å². The molecular formula is C21H25N5O4. The van der Waals surface area contributed by atoms with Crippen LogP contribution in [0.2, 0.25) is 0 Å². The lowest BCUT2D eigenvalue weighted by atomic mass is 10.1. The molecule has 0 fully saturated rings. The van der Waals surface area contributed by atoms with Crippen LogP contribution < -0.4 is 4.74 Å². The number of carbonyl (C=O) groups excluding carboxylic acids is 2. The largest absolute Gasteiger partial charge is 0.497 e. The molecule has 0 saturated carbocycles. The minimum absolute atomic E-state index is 0.0105. The molecular weight excluding hydrogens is 386 g/mol. The van der Waals surface area contributed by atoms with E-state index in [9.17, 15) is 9.59 Å². The highest BCUT2D eigenvalue weighted by Crippen LogP contribution is 2.20. The van der Waals surface area contributed by atoms with Gasteiger partial charge in [-0.3, -0.25) is 9.59 Å². The molecule has 0 radical (unpaired) electrons. The molecule has 0 aliphatic carbocycles. The quantitative estimate of drug-likeness (QED) is 0.394. The molecule has 1 aromatic carbocycles. The predicted molar refractivity (Wildman–Crippen MR) is 109 cm³/mol. The molecule has 2 heterocycles. The van der Waals surface area contributed by atoms with Crippen LogP contribution >= 0.6 is 0 Å². The van der Waals surface area contributed by atoms with Crippen LogP contribution in [0.25, 0.3) is 11.4 Å². The standard InChI is InChI=1S/C21H25N5O4/c1-14-11-18(15(2)25(14)10-6-9-20(28)30-4)19(27)13-26-23-21(22-24-26)16-7-5-8-17(12-16)29-3/h5,7-8,11-12H,6,9-10,13H2,1-4H3. The summed E-state index contributed by atoms with van der Waals surface area (Å²) in [5.41, 5.74) is 3.20. The Kier molecular flexibility index (Phi) is 6.61. The van der Waals surface area contributed by atoms with Crippen LogP contribution in [0.1, 0.15) is 34.6 Å². The van der Waals surface area contributed by atoms with Gasteiger partial charge in [-0.2, -0.15) is 4.80 Å². The molecule has 0 aliphatic rings. The second-order valence-electron chi connectivity index (χ2n) is 6.91. The van der Waals surface area contributed by atoms with Crippen molar-refractivity contribution in [1.82, 2.24) is 24.8 Å². The summed E-state index contributed by atoms with van der Waals surface area (Å²) in [4.78, 5) is 25.4. The van der Waals surface area contributed by atoms with Crippen LogP contribution in [0.5, 0.6) is 5.75 Å². The summed E-state index contributed by atoms with van der Waals surface area (Å²) < 4.78 is 11.9. The van der Waals surface area contributed by atoms with Crippen LogP contribution in [-0.2, 0) is 22.6 Å². The molecule has 0 spiro atoms. The number of hydrogen-bond donors (Lipinski definition) is 0. The highest BCUT2D eigenvalue weighted by Gasteiger charge is 2.18. The number of methoxy groups -OCH3 is 2. The maximum Gasteiger partial charge on any atom is 0.305 e. The van der Waals surface area contributed by atoms with Gasteiger partial charge in [-0.1, -0.05) is 12.1 Å². The van der Waals surface area contributed by atoms with E-state index in [1.54, 1.807) is 7.11 Å². The predicted octanol–water partition coefficient (Wildman–Crippen LogP) is 2.60. The highest BCUT2D eigenvalue weighted by atomic mass is 16.5.